The van der Waals surface area contributed by atoms with Crippen molar-refractivity contribution in [1.29, 1.82) is 0 Å². The van der Waals surface area contributed by atoms with E-state index in [2.05, 4.69) is 17.4 Å². The molecule has 106 valence electrons. The molecule has 0 aliphatic carbocycles. The second kappa shape index (κ2) is 5.11. The molecule has 0 saturated carbocycles. The van der Waals surface area contributed by atoms with Gasteiger partial charge >= 0.3 is 0 Å². The van der Waals surface area contributed by atoms with Crippen molar-refractivity contribution in [3.05, 3.63) is 54.1 Å². The Kier molecular flexibility index (Phi) is 3.11. The highest BCUT2D eigenvalue weighted by atomic mass is 32.2. The number of amides is 1. The number of carbonyl (C=O) groups is 1. The Hall–Kier alpha value is -1.94. The fourth-order valence-corrected chi connectivity index (χ4v) is 4.03. The predicted molar refractivity (Wildman–Crippen MR) is 87.1 cm³/mol. The number of hydrogen-bond acceptors (Lipinski definition) is 3. The van der Waals surface area contributed by atoms with Crippen LogP contribution >= 0.6 is 11.8 Å². The van der Waals surface area contributed by atoms with Gasteiger partial charge in [-0.25, -0.2) is 0 Å². The van der Waals surface area contributed by atoms with Gasteiger partial charge < -0.3 is 10.2 Å². The van der Waals surface area contributed by atoms with E-state index >= 15 is 0 Å². The highest BCUT2D eigenvalue weighted by Gasteiger charge is 2.32. The molecule has 0 radical (unpaired) electrons. The summed E-state index contributed by atoms with van der Waals surface area (Å²) in [7, 11) is 0. The fraction of sp³-hybridized carbons (Fsp3) is 0.235. The molecule has 1 amide bonds. The Morgan fingerprint density at radius 3 is 2.86 bits per heavy atom. The minimum absolute atomic E-state index is 0.140. The summed E-state index contributed by atoms with van der Waals surface area (Å²) in [5.41, 5.74) is 3.38. The van der Waals surface area contributed by atoms with Gasteiger partial charge in [-0.15, -0.1) is 11.8 Å². The predicted octanol–water partition coefficient (Wildman–Crippen LogP) is 3.16. The number of nitrogens with zero attached hydrogens (tertiary/aromatic N) is 1. The molecule has 3 nitrogen and oxygen atoms in total. The van der Waals surface area contributed by atoms with Crippen LogP contribution in [0.5, 0.6) is 0 Å². The van der Waals surface area contributed by atoms with Gasteiger partial charge in [-0.1, -0.05) is 30.3 Å². The molecule has 2 heterocycles. The Bertz CT molecular complexity index is 676. The van der Waals surface area contributed by atoms with Gasteiger partial charge in [-0.05, 0) is 23.8 Å². The van der Waals surface area contributed by atoms with Gasteiger partial charge in [0.1, 0.15) is 6.04 Å². The number of nitrogens with one attached hydrogen (secondary N) is 1. The zero-order valence-electron chi connectivity index (χ0n) is 11.6. The van der Waals surface area contributed by atoms with E-state index in [-0.39, 0.29) is 11.9 Å². The van der Waals surface area contributed by atoms with Gasteiger partial charge in [0, 0.05) is 29.3 Å². The average molecular weight is 296 g/mol. The van der Waals surface area contributed by atoms with E-state index in [1.165, 1.54) is 10.5 Å². The second-order valence-corrected chi connectivity index (χ2v) is 6.50. The number of benzene rings is 2. The first kappa shape index (κ1) is 12.8. The van der Waals surface area contributed by atoms with Crippen LogP contribution in [-0.4, -0.2) is 24.2 Å². The molecule has 2 aliphatic heterocycles. The van der Waals surface area contributed by atoms with E-state index in [4.69, 9.17) is 0 Å². The fourth-order valence-electron chi connectivity index (χ4n) is 3.03. The first-order valence-corrected chi connectivity index (χ1v) is 8.19. The van der Waals surface area contributed by atoms with Crippen LogP contribution in [0.25, 0.3) is 0 Å². The first-order chi connectivity index (χ1) is 10.3. The summed E-state index contributed by atoms with van der Waals surface area (Å²) in [5, 5.41) is 3.36. The smallest absolute Gasteiger partial charge is 0.249 e. The van der Waals surface area contributed by atoms with Crippen molar-refractivity contribution < 1.29 is 4.79 Å². The molecule has 0 bridgehead atoms. The van der Waals surface area contributed by atoms with E-state index in [0.717, 1.165) is 30.1 Å². The summed E-state index contributed by atoms with van der Waals surface area (Å²) < 4.78 is 0. The number of anilines is 2. The van der Waals surface area contributed by atoms with Crippen molar-refractivity contribution >= 4 is 29.0 Å². The Morgan fingerprint density at radius 1 is 1.14 bits per heavy atom. The number of thioether (sulfide) groups is 1. The lowest BCUT2D eigenvalue weighted by atomic mass is 10.1. The Balaban J connectivity index is 1.60. The highest BCUT2D eigenvalue weighted by molar-refractivity contribution is 7.99. The molecule has 2 aromatic carbocycles. The van der Waals surface area contributed by atoms with Crippen LogP contribution < -0.4 is 10.2 Å². The highest BCUT2D eigenvalue weighted by Crippen LogP contribution is 2.35. The van der Waals surface area contributed by atoms with Gasteiger partial charge in [-0.2, -0.15) is 0 Å². The molecule has 1 atom stereocenters. The van der Waals surface area contributed by atoms with Crippen LogP contribution in [-0.2, 0) is 11.2 Å². The third kappa shape index (κ3) is 2.20. The summed E-state index contributed by atoms with van der Waals surface area (Å²) in [6, 6.07) is 16.2. The molecule has 4 heteroatoms. The number of rotatable bonds is 1. The maximum atomic E-state index is 12.9. The van der Waals surface area contributed by atoms with Gasteiger partial charge in [0.2, 0.25) is 5.91 Å². The molecule has 0 unspecified atom stereocenters. The van der Waals surface area contributed by atoms with Gasteiger partial charge in [-0.3, -0.25) is 4.79 Å². The van der Waals surface area contributed by atoms with Crippen molar-refractivity contribution in [2.75, 3.05) is 22.5 Å². The van der Waals surface area contributed by atoms with Crippen LogP contribution in [0, 0.1) is 0 Å². The molecule has 0 fully saturated rings. The van der Waals surface area contributed by atoms with Crippen molar-refractivity contribution in [1.82, 2.24) is 0 Å². The van der Waals surface area contributed by atoms with Gasteiger partial charge in [0.25, 0.3) is 0 Å². The van der Waals surface area contributed by atoms with Crippen LogP contribution in [0.2, 0.25) is 0 Å². The van der Waals surface area contributed by atoms with Gasteiger partial charge in [0.15, 0.2) is 0 Å². The molecule has 0 aromatic heterocycles. The zero-order chi connectivity index (χ0) is 14.2. The lowest BCUT2D eigenvalue weighted by Gasteiger charge is -2.31. The number of carbonyl (C=O) groups excluding carboxylic acids is 1. The molecule has 2 aliphatic rings. The summed E-state index contributed by atoms with van der Waals surface area (Å²) in [4.78, 5) is 16.0. The largest absolute Gasteiger partial charge is 0.373 e. The summed E-state index contributed by atoms with van der Waals surface area (Å²) in [6.07, 6.45) is 0.779. The summed E-state index contributed by atoms with van der Waals surface area (Å²) >= 11 is 1.83. The standard InChI is InChI=1S/C17H16N2OS/c20-17(14-11-12-5-1-2-6-13(12)18-14)19-9-10-21-16-8-4-3-7-15(16)19/h1-8,14,18H,9-11H2/t14-/m0/s1. The maximum absolute atomic E-state index is 12.9. The molecule has 1 N–H and O–H groups in total. The molecular weight excluding hydrogens is 280 g/mol. The minimum Gasteiger partial charge on any atom is -0.373 e. The first-order valence-electron chi connectivity index (χ1n) is 7.20. The zero-order valence-corrected chi connectivity index (χ0v) is 12.4. The molecule has 21 heavy (non-hydrogen) atoms. The molecule has 0 saturated heterocycles. The van der Waals surface area contributed by atoms with E-state index in [9.17, 15) is 4.79 Å². The third-order valence-corrected chi connectivity index (χ3v) is 5.11. The topological polar surface area (TPSA) is 32.3 Å². The van der Waals surface area contributed by atoms with Crippen LogP contribution in [0.4, 0.5) is 11.4 Å². The van der Waals surface area contributed by atoms with E-state index in [1.807, 2.05) is 53.1 Å². The second-order valence-electron chi connectivity index (χ2n) is 5.36. The van der Waals surface area contributed by atoms with Crippen LogP contribution in [0.1, 0.15) is 5.56 Å². The average Bonchev–Trinajstić information content (AvgIpc) is 2.97. The van der Waals surface area contributed by atoms with Crippen LogP contribution in [0.3, 0.4) is 0 Å². The molecule has 4 rings (SSSR count). The monoisotopic (exact) mass is 296 g/mol. The quantitative estimate of drug-likeness (QED) is 0.877. The number of hydrogen-bond donors (Lipinski definition) is 1. The Labute approximate surface area is 128 Å². The van der Waals surface area contributed by atoms with Crippen molar-refractivity contribution in [2.45, 2.75) is 17.4 Å². The number of para-hydroxylation sites is 2. The molecular formula is C17H16N2OS. The van der Waals surface area contributed by atoms with Crippen molar-refractivity contribution in [3.63, 3.8) is 0 Å². The summed E-state index contributed by atoms with van der Waals surface area (Å²) in [5.74, 6) is 1.14. The molecule has 2 aromatic rings. The lowest BCUT2D eigenvalue weighted by Crippen LogP contribution is -2.44. The van der Waals surface area contributed by atoms with E-state index in [0.29, 0.717) is 0 Å². The lowest BCUT2D eigenvalue weighted by molar-refractivity contribution is -0.119. The third-order valence-electron chi connectivity index (χ3n) is 4.06. The molecule has 0 spiro atoms. The Morgan fingerprint density at radius 2 is 1.95 bits per heavy atom. The van der Waals surface area contributed by atoms with Crippen molar-refractivity contribution in [3.8, 4) is 0 Å². The van der Waals surface area contributed by atoms with E-state index in [1.54, 1.807) is 0 Å². The normalized spacial score (nSPS) is 19.6. The SMILES string of the molecule is O=C([C@@H]1Cc2ccccc2N1)N1CCSc2ccccc21. The van der Waals surface area contributed by atoms with Gasteiger partial charge in [0.05, 0.1) is 5.69 Å². The maximum Gasteiger partial charge on any atom is 0.249 e. The van der Waals surface area contributed by atoms with E-state index < -0.39 is 0 Å². The van der Waals surface area contributed by atoms with Crippen molar-refractivity contribution in [2.24, 2.45) is 0 Å². The van der Waals surface area contributed by atoms with Crippen LogP contribution in [0.15, 0.2) is 53.4 Å². The summed E-state index contributed by atoms with van der Waals surface area (Å²) in [6.45, 7) is 0.787. The number of fused-ring (bicyclic) bond motifs is 2. The minimum atomic E-state index is -0.140.